The zero-order valence-electron chi connectivity index (χ0n) is 15.7. The van der Waals surface area contributed by atoms with Crippen molar-refractivity contribution in [3.05, 3.63) is 66.0 Å². The first-order chi connectivity index (χ1) is 13.7. The van der Waals surface area contributed by atoms with Crippen molar-refractivity contribution in [3.8, 4) is 0 Å². The van der Waals surface area contributed by atoms with Crippen molar-refractivity contribution in [2.75, 3.05) is 24.6 Å². The Morgan fingerprint density at radius 2 is 1.79 bits per heavy atom. The minimum Gasteiger partial charge on any atom is -0.396 e. The number of nitrogens with zero attached hydrogens (tertiary/aromatic N) is 3. The largest absolute Gasteiger partial charge is 0.396 e. The third-order valence-corrected chi connectivity index (χ3v) is 5.31. The first-order valence-corrected chi connectivity index (χ1v) is 9.67. The Bertz CT molecular complexity index is 950. The number of rotatable bonds is 5. The number of piperidine rings is 1. The fourth-order valence-corrected chi connectivity index (χ4v) is 3.54. The van der Waals surface area contributed by atoms with Gasteiger partial charge in [-0.2, -0.15) is 0 Å². The van der Waals surface area contributed by atoms with Gasteiger partial charge in [-0.25, -0.2) is 4.98 Å². The summed E-state index contributed by atoms with van der Waals surface area (Å²) < 4.78 is 0. The minimum atomic E-state index is -0.228. The number of para-hydroxylation sites is 2. The molecular weight excluding hydrogens is 352 g/mol. The number of amides is 1. The molecule has 0 radical (unpaired) electrons. The first kappa shape index (κ1) is 18.4. The van der Waals surface area contributed by atoms with Crippen LogP contribution in [0, 0.1) is 5.92 Å². The molecule has 144 valence electrons. The Labute approximate surface area is 164 Å². The highest BCUT2D eigenvalue weighted by Crippen LogP contribution is 2.23. The summed E-state index contributed by atoms with van der Waals surface area (Å²) in [5.41, 5.74) is 4.03. The summed E-state index contributed by atoms with van der Waals surface area (Å²) in [6.07, 6.45) is 3.57. The van der Waals surface area contributed by atoms with E-state index in [2.05, 4.69) is 32.3 Å². The quantitative estimate of drug-likeness (QED) is 0.716. The van der Waals surface area contributed by atoms with E-state index >= 15 is 0 Å². The summed E-state index contributed by atoms with van der Waals surface area (Å²) in [5, 5.41) is 12.2. The van der Waals surface area contributed by atoms with Gasteiger partial charge in [0.15, 0.2) is 0 Å². The molecule has 2 N–H and O–H groups in total. The zero-order valence-corrected chi connectivity index (χ0v) is 15.7. The Balaban J connectivity index is 1.34. The molecule has 1 aromatic heterocycles. The van der Waals surface area contributed by atoms with Gasteiger partial charge in [-0.1, -0.05) is 24.3 Å². The van der Waals surface area contributed by atoms with Crippen molar-refractivity contribution in [1.29, 1.82) is 0 Å². The molecule has 2 heterocycles. The van der Waals surface area contributed by atoms with Gasteiger partial charge in [0.05, 0.1) is 17.2 Å². The van der Waals surface area contributed by atoms with E-state index < -0.39 is 0 Å². The Kier molecular flexibility index (Phi) is 5.48. The predicted octanol–water partition coefficient (Wildman–Crippen LogP) is 2.77. The van der Waals surface area contributed by atoms with Crippen LogP contribution in [0.5, 0.6) is 0 Å². The number of hydrogen-bond donors (Lipinski definition) is 2. The highest BCUT2D eigenvalue weighted by molar-refractivity contribution is 5.93. The van der Waals surface area contributed by atoms with Crippen LogP contribution in [0.25, 0.3) is 11.0 Å². The molecule has 0 aliphatic carbocycles. The Hall–Kier alpha value is -2.99. The average molecular weight is 376 g/mol. The van der Waals surface area contributed by atoms with Gasteiger partial charge in [0.25, 0.3) is 5.91 Å². The highest BCUT2D eigenvalue weighted by Gasteiger charge is 2.18. The summed E-state index contributed by atoms with van der Waals surface area (Å²) >= 11 is 0. The molecule has 1 saturated heterocycles. The number of aliphatic hydroxyl groups excluding tert-OH is 1. The van der Waals surface area contributed by atoms with Gasteiger partial charge >= 0.3 is 0 Å². The fourth-order valence-electron chi connectivity index (χ4n) is 3.54. The van der Waals surface area contributed by atoms with E-state index in [1.54, 1.807) is 0 Å². The van der Waals surface area contributed by atoms with Crippen LogP contribution in [0.15, 0.2) is 54.7 Å². The molecule has 0 unspecified atom stereocenters. The molecule has 0 spiro atoms. The molecule has 6 nitrogen and oxygen atoms in total. The topological polar surface area (TPSA) is 78.4 Å². The summed E-state index contributed by atoms with van der Waals surface area (Å²) in [7, 11) is 0. The van der Waals surface area contributed by atoms with Crippen molar-refractivity contribution >= 4 is 22.6 Å². The normalized spacial score (nSPS) is 15.0. The number of carbonyl (C=O) groups is 1. The van der Waals surface area contributed by atoms with Crippen molar-refractivity contribution in [2.45, 2.75) is 19.4 Å². The standard InChI is InChI=1S/C22H24N4O2/c27-15-17-9-11-26(12-10-17)18-7-5-16(6-8-18)13-24-22(28)21-14-23-19-3-1-2-4-20(19)25-21/h1-8,14,17,27H,9-13,15H2,(H,24,28). The van der Waals surface area contributed by atoms with E-state index in [1.807, 2.05) is 36.4 Å². The van der Waals surface area contributed by atoms with Crippen LogP contribution in [0.4, 0.5) is 5.69 Å². The van der Waals surface area contributed by atoms with E-state index in [-0.39, 0.29) is 12.5 Å². The Morgan fingerprint density at radius 1 is 1.07 bits per heavy atom. The van der Waals surface area contributed by atoms with Gasteiger partial charge in [0.1, 0.15) is 5.69 Å². The second kappa shape index (κ2) is 8.35. The van der Waals surface area contributed by atoms with Crippen molar-refractivity contribution in [1.82, 2.24) is 15.3 Å². The minimum absolute atomic E-state index is 0.228. The molecule has 6 heteroatoms. The number of hydrogen-bond acceptors (Lipinski definition) is 5. The number of benzene rings is 2. The third kappa shape index (κ3) is 4.12. The molecule has 0 bridgehead atoms. The monoisotopic (exact) mass is 376 g/mol. The van der Waals surface area contributed by atoms with E-state index in [4.69, 9.17) is 0 Å². The SMILES string of the molecule is O=C(NCc1ccc(N2CCC(CO)CC2)cc1)c1cnc2ccccc2n1. The van der Waals surface area contributed by atoms with Gasteiger partial charge in [-0.05, 0) is 48.6 Å². The molecule has 1 amide bonds. The zero-order chi connectivity index (χ0) is 19.3. The second-order valence-corrected chi connectivity index (χ2v) is 7.21. The average Bonchev–Trinajstić information content (AvgIpc) is 2.77. The van der Waals surface area contributed by atoms with Crippen LogP contribution in [0.3, 0.4) is 0 Å². The maximum Gasteiger partial charge on any atom is 0.271 e. The third-order valence-electron chi connectivity index (χ3n) is 5.31. The van der Waals surface area contributed by atoms with Crippen LogP contribution in [0.1, 0.15) is 28.9 Å². The smallest absolute Gasteiger partial charge is 0.271 e. The second-order valence-electron chi connectivity index (χ2n) is 7.21. The van der Waals surface area contributed by atoms with Crippen molar-refractivity contribution in [3.63, 3.8) is 0 Å². The van der Waals surface area contributed by atoms with Crippen LogP contribution < -0.4 is 10.2 Å². The van der Waals surface area contributed by atoms with Crippen LogP contribution in [-0.4, -0.2) is 40.7 Å². The molecule has 2 aromatic carbocycles. The highest BCUT2D eigenvalue weighted by atomic mass is 16.3. The van der Waals surface area contributed by atoms with Gasteiger partial charge < -0.3 is 15.3 Å². The molecular formula is C22H24N4O2. The molecule has 4 rings (SSSR count). The first-order valence-electron chi connectivity index (χ1n) is 9.67. The summed E-state index contributed by atoms with van der Waals surface area (Å²) in [6.45, 7) is 2.68. The van der Waals surface area contributed by atoms with Crippen LogP contribution in [-0.2, 0) is 6.54 Å². The number of fused-ring (bicyclic) bond motifs is 1. The molecule has 28 heavy (non-hydrogen) atoms. The lowest BCUT2D eigenvalue weighted by atomic mass is 9.97. The van der Waals surface area contributed by atoms with Crippen LogP contribution >= 0.6 is 0 Å². The van der Waals surface area contributed by atoms with E-state index in [0.29, 0.717) is 23.7 Å². The molecule has 0 saturated carbocycles. The van der Waals surface area contributed by atoms with Gasteiger partial charge in [0.2, 0.25) is 0 Å². The summed E-state index contributed by atoms with van der Waals surface area (Å²) in [4.78, 5) is 23.4. The molecule has 1 aliphatic rings. The Morgan fingerprint density at radius 3 is 2.50 bits per heavy atom. The number of aromatic nitrogens is 2. The number of anilines is 1. The van der Waals surface area contributed by atoms with E-state index in [9.17, 15) is 9.90 Å². The van der Waals surface area contributed by atoms with Crippen molar-refractivity contribution in [2.24, 2.45) is 5.92 Å². The lowest BCUT2D eigenvalue weighted by Crippen LogP contribution is -2.34. The lowest BCUT2D eigenvalue weighted by Gasteiger charge is -2.33. The molecule has 1 aliphatic heterocycles. The number of nitrogens with one attached hydrogen (secondary N) is 1. The summed E-state index contributed by atoms with van der Waals surface area (Å²) in [6, 6.07) is 15.8. The number of carbonyl (C=O) groups excluding carboxylic acids is 1. The fraction of sp³-hybridized carbons (Fsp3) is 0.318. The van der Waals surface area contributed by atoms with Gasteiger partial charge in [-0.3, -0.25) is 9.78 Å². The number of aliphatic hydroxyl groups is 1. The van der Waals surface area contributed by atoms with Crippen molar-refractivity contribution < 1.29 is 9.90 Å². The molecule has 0 atom stereocenters. The predicted molar refractivity (Wildman–Crippen MR) is 109 cm³/mol. The van der Waals surface area contributed by atoms with E-state index in [0.717, 1.165) is 37.0 Å². The maximum absolute atomic E-state index is 12.4. The van der Waals surface area contributed by atoms with Gasteiger partial charge in [-0.15, -0.1) is 0 Å². The lowest BCUT2D eigenvalue weighted by molar-refractivity contribution is 0.0946. The van der Waals surface area contributed by atoms with E-state index in [1.165, 1.54) is 11.9 Å². The van der Waals surface area contributed by atoms with Crippen LogP contribution in [0.2, 0.25) is 0 Å². The maximum atomic E-state index is 12.4. The molecule has 3 aromatic rings. The molecule has 1 fully saturated rings. The van der Waals surface area contributed by atoms with Gasteiger partial charge in [0, 0.05) is 31.9 Å². The summed E-state index contributed by atoms with van der Waals surface area (Å²) in [5.74, 6) is 0.206.